The fourth-order valence-electron chi connectivity index (χ4n) is 4.73. The highest BCUT2D eigenvalue weighted by Crippen LogP contribution is 2.44. The van der Waals surface area contributed by atoms with E-state index in [1.165, 1.54) is 0 Å². The predicted octanol–water partition coefficient (Wildman–Crippen LogP) is 2.01. The van der Waals surface area contributed by atoms with Crippen molar-refractivity contribution in [1.82, 2.24) is 16.0 Å². The number of amides is 3. The molecule has 178 valence electrons. The Bertz CT molecular complexity index is 1060. The third-order valence-corrected chi connectivity index (χ3v) is 6.36. The van der Waals surface area contributed by atoms with Crippen LogP contribution in [0.3, 0.4) is 0 Å². The Kier molecular flexibility index (Phi) is 7.10. The molecule has 9 nitrogen and oxygen atoms in total. The SMILES string of the molecule is O=C(CNC(=O)OCC1c2ccccc2-c2ccccc21)NCC(=O)NC1CCCC1C(=O)O. The maximum absolute atomic E-state index is 12.1. The van der Waals surface area contributed by atoms with Gasteiger partial charge in [-0.3, -0.25) is 14.4 Å². The molecular weight excluding hydrogens is 438 g/mol. The van der Waals surface area contributed by atoms with E-state index in [4.69, 9.17) is 4.74 Å². The molecule has 2 aromatic carbocycles. The molecule has 2 aromatic rings. The van der Waals surface area contributed by atoms with Crippen LogP contribution in [0.5, 0.6) is 0 Å². The molecule has 4 N–H and O–H groups in total. The number of hydrogen-bond donors (Lipinski definition) is 4. The zero-order valence-corrected chi connectivity index (χ0v) is 18.6. The molecular formula is C25H27N3O6. The van der Waals surface area contributed by atoms with Gasteiger partial charge in [-0.15, -0.1) is 0 Å². The van der Waals surface area contributed by atoms with E-state index in [9.17, 15) is 24.3 Å². The lowest BCUT2D eigenvalue weighted by Gasteiger charge is -2.17. The van der Waals surface area contributed by atoms with Gasteiger partial charge in [0.25, 0.3) is 0 Å². The van der Waals surface area contributed by atoms with Crippen molar-refractivity contribution in [3.63, 3.8) is 0 Å². The number of carboxylic acids is 1. The van der Waals surface area contributed by atoms with Gasteiger partial charge in [0.2, 0.25) is 11.8 Å². The first-order valence-electron chi connectivity index (χ1n) is 11.3. The second-order valence-corrected chi connectivity index (χ2v) is 8.51. The van der Waals surface area contributed by atoms with Gasteiger partial charge >= 0.3 is 12.1 Å². The number of hydrogen-bond acceptors (Lipinski definition) is 5. The highest BCUT2D eigenvalue weighted by molar-refractivity contribution is 5.87. The summed E-state index contributed by atoms with van der Waals surface area (Å²) in [5.74, 6) is -2.63. The fourth-order valence-corrected chi connectivity index (χ4v) is 4.73. The van der Waals surface area contributed by atoms with Crippen LogP contribution in [0.1, 0.15) is 36.3 Å². The topological polar surface area (TPSA) is 134 Å². The van der Waals surface area contributed by atoms with Gasteiger partial charge in [-0.2, -0.15) is 0 Å². The maximum Gasteiger partial charge on any atom is 0.407 e. The number of aliphatic carboxylic acids is 1. The lowest BCUT2D eigenvalue weighted by Crippen LogP contribution is -2.46. The molecule has 0 bridgehead atoms. The van der Waals surface area contributed by atoms with Crippen LogP contribution in [0.4, 0.5) is 4.79 Å². The predicted molar refractivity (Wildman–Crippen MR) is 123 cm³/mol. The number of carbonyl (C=O) groups is 4. The van der Waals surface area contributed by atoms with Crippen molar-refractivity contribution in [2.45, 2.75) is 31.2 Å². The Morgan fingerprint density at radius 2 is 1.47 bits per heavy atom. The van der Waals surface area contributed by atoms with Crippen molar-refractivity contribution < 1.29 is 29.0 Å². The fraction of sp³-hybridized carbons (Fsp3) is 0.360. The number of benzene rings is 2. The summed E-state index contributed by atoms with van der Waals surface area (Å²) in [7, 11) is 0. The van der Waals surface area contributed by atoms with Gasteiger partial charge in [0.05, 0.1) is 12.5 Å². The first-order valence-corrected chi connectivity index (χ1v) is 11.3. The van der Waals surface area contributed by atoms with Crippen molar-refractivity contribution in [2.24, 2.45) is 5.92 Å². The number of fused-ring (bicyclic) bond motifs is 3. The van der Waals surface area contributed by atoms with E-state index >= 15 is 0 Å². The molecule has 0 saturated heterocycles. The quantitative estimate of drug-likeness (QED) is 0.471. The third-order valence-electron chi connectivity index (χ3n) is 6.36. The summed E-state index contributed by atoms with van der Waals surface area (Å²) in [6.07, 6.45) is 1.13. The monoisotopic (exact) mass is 465 g/mol. The molecule has 3 amide bonds. The molecule has 0 radical (unpaired) electrons. The van der Waals surface area contributed by atoms with Gasteiger partial charge in [-0.25, -0.2) is 4.79 Å². The molecule has 2 aliphatic carbocycles. The van der Waals surface area contributed by atoms with Gasteiger partial charge < -0.3 is 25.8 Å². The molecule has 0 aliphatic heterocycles. The van der Waals surface area contributed by atoms with E-state index in [1.54, 1.807) is 0 Å². The molecule has 0 aromatic heterocycles. The van der Waals surface area contributed by atoms with Crippen LogP contribution in [-0.4, -0.2) is 54.7 Å². The van der Waals surface area contributed by atoms with E-state index in [2.05, 4.69) is 16.0 Å². The van der Waals surface area contributed by atoms with Crippen molar-refractivity contribution in [1.29, 1.82) is 0 Å². The number of alkyl carbamates (subject to hydrolysis) is 1. The normalized spacial score (nSPS) is 18.5. The van der Waals surface area contributed by atoms with Crippen molar-refractivity contribution in [3.8, 4) is 11.1 Å². The lowest BCUT2D eigenvalue weighted by atomic mass is 9.98. The number of rotatable bonds is 8. The minimum atomic E-state index is -0.931. The lowest BCUT2D eigenvalue weighted by molar-refractivity contribution is -0.142. The number of carbonyl (C=O) groups excluding carboxylic acids is 3. The highest BCUT2D eigenvalue weighted by atomic mass is 16.5. The molecule has 34 heavy (non-hydrogen) atoms. The van der Waals surface area contributed by atoms with E-state index in [-0.39, 0.29) is 25.6 Å². The smallest absolute Gasteiger partial charge is 0.407 e. The van der Waals surface area contributed by atoms with Gasteiger partial charge in [0.15, 0.2) is 0 Å². The zero-order valence-electron chi connectivity index (χ0n) is 18.6. The number of nitrogens with one attached hydrogen (secondary N) is 3. The number of carboxylic acid groups (broad SMARTS) is 1. The summed E-state index contributed by atoms with van der Waals surface area (Å²) >= 11 is 0. The molecule has 4 rings (SSSR count). The van der Waals surface area contributed by atoms with Crippen LogP contribution in [0.15, 0.2) is 48.5 Å². The first kappa shape index (κ1) is 23.3. The standard InChI is InChI=1S/C25H27N3O6/c29-22(26-13-23(30)28-21-11-5-10-19(21)24(31)32)12-27-25(33)34-14-20-17-8-3-1-6-15(17)16-7-2-4-9-18(16)20/h1-4,6-9,19-21H,5,10-14H2,(H,26,29)(H,27,33)(H,28,30)(H,31,32). The summed E-state index contributed by atoms with van der Waals surface area (Å²) < 4.78 is 5.37. The van der Waals surface area contributed by atoms with E-state index < -0.39 is 35.8 Å². The van der Waals surface area contributed by atoms with Crippen LogP contribution in [-0.2, 0) is 19.1 Å². The maximum atomic E-state index is 12.1. The second kappa shape index (κ2) is 10.4. The Hall–Kier alpha value is -3.88. The average Bonchev–Trinajstić information content (AvgIpc) is 3.43. The molecule has 2 atom stereocenters. The third kappa shape index (κ3) is 5.19. The number of ether oxygens (including phenoxy) is 1. The summed E-state index contributed by atoms with van der Waals surface area (Å²) in [5.41, 5.74) is 4.43. The van der Waals surface area contributed by atoms with Crippen LogP contribution in [0.2, 0.25) is 0 Å². The van der Waals surface area contributed by atoms with Gasteiger partial charge in [-0.1, -0.05) is 55.0 Å². The Labute approximate surface area is 196 Å². The van der Waals surface area contributed by atoms with Gasteiger partial charge in [0, 0.05) is 12.0 Å². The minimum Gasteiger partial charge on any atom is -0.481 e. The van der Waals surface area contributed by atoms with Crippen LogP contribution in [0.25, 0.3) is 11.1 Å². The average molecular weight is 466 g/mol. The van der Waals surface area contributed by atoms with Gasteiger partial charge in [0.1, 0.15) is 13.2 Å². The van der Waals surface area contributed by atoms with Gasteiger partial charge in [-0.05, 0) is 35.1 Å². The second-order valence-electron chi connectivity index (χ2n) is 8.51. The van der Waals surface area contributed by atoms with Crippen molar-refractivity contribution in [2.75, 3.05) is 19.7 Å². The Morgan fingerprint density at radius 3 is 2.12 bits per heavy atom. The summed E-state index contributed by atoms with van der Waals surface area (Å²) in [5, 5.41) is 16.6. The highest BCUT2D eigenvalue weighted by Gasteiger charge is 2.34. The van der Waals surface area contributed by atoms with Crippen LogP contribution >= 0.6 is 0 Å². The minimum absolute atomic E-state index is 0.0825. The Balaban J connectivity index is 1.19. The van der Waals surface area contributed by atoms with E-state index in [1.807, 2.05) is 48.5 Å². The molecule has 1 fully saturated rings. The van der Waals surface area contributed by atoms with E-state index in [0.29, 0.717) is 12.8 Å². The summed E-state index contributed by atoms with van der Waals surface area (Å²) in [6.45, 7) is -0.505. The summed E-state index contributed by atoms with van der Waals surface area (Å²) in [6, 6.07) is 15.5. The van der Waals surface area contributed by atoms with Crippen LogP contribution in [0, 0.1) is 5.92 Å². The molecule has 1 saturated carbocycles. The van der Waals surface area contributed by atoms with Crippen LogP contribution < -0.4 is 16.0 Å². The molecule has 0 spiro atoms. The Morgan fingerprint density at radius 1 is 0.853 bits per heavy atom. The van der Waals surface area contributed by atoms with Crippen molar-refractivity contribution >= 4 is 23.9 Å². The molecule has 2 aliphatic rings. The first-order chi connectivity index (χ1) is 16.4. The summed E-state index contributed by atoms with van der Waals surface area (Å²) in [4.78, 5) is 47.4. The largest absolute Gasteiger partial charge is 0.481 e. The molecule has 9 heteroatoms. The molecule has 0 heterocycles. The zero-order chi connectivity index (χ0) is 24.1. The van der Waals surface area contributed by atoms with E-state index in [0.717, 1.165) is 28.7 Å². The molecule has 2 unspecified atom stereocenters. The van der Waals surface area contributed by atoms with Crippen molar-refractivity contribution in [3.05, 3.63) is 59.7 Å².